The molecule has 0 bridgehead atoms. The van der Waals surface area contributed by atoms with Crippen LogP contribution in [0.3, 0.4) is 0 Å². The Morgan fingerprint density at radius 3 is 2.84 bits per heavy atom. The summed E-state index contributed by atoms with van der Waals surface area (Å²) in [6.45, 7) is 1.90. The summed E-state index contributed by atoms with van der Waals surface area (Å²) in [5.41, 5.74) is 0.658. The summed E-state index contributed by atoms with van der Waals surface area (Å²) in [7, 11) is 0. The molecule has 3 rings (SSSR count). The van der Waals surface area contributed by atoms with Crippen molar-refractivity contribution in [2.24, 2.45) is 0 Å². The molecule has 0 radical (unpaired) electrons. The molecule has 0 saturated carbocycles. The summed E-state index contributed by atoms with van der Waals surface area (Å²) in [5, 5.41) is 0.538. The lowest BCUT2D eigenvalue weighted by atomic mass is 10.2. The van der Waals surface area contributed by atoms with Crippen molar-refractivity contribution in [3.63, 3.8) is 0 Å². The van der Waals surface area contributed by atoms with Crippen molar-refractivity contribution >= 4 is 45.1 Å². The Hall–Kier alpha value is -2.05. The number of para-hydroxylation sites is 2. The van der Waals surface area contributed by atoms with Crippen molar-refractivity contribution in [3.05, 3.63) is 52.0 Å². The van der Waals surface area contributed by atoms with Crippen LogP contribution in [0.4, 0.5) is 5.69 Å². The van der Waals surface area contributed by atoms with Gasteiger partial charge < -0.3 is 14.4 Å². The first-order valence-electron chi connectivity index (χ1n) is 7.68. The van der Waals surface area contributed by atoms with E-state index in [1.165, 1.54) is 0 Å². The molecule has 2 aromatic carbocycles. The van der Waals surface area contributed by atoms with Gasteiger partial charge in [0.15, 0.2) is 6.10 Å². The van der Waals surface area contributed by atoms with E-state index in [1.807, 2.05) is 12.1 Å². The fraction of sp³-hybridized carbons (Fsp3) is 0.222. The smallest absolute Gasteiger partial charge is 0.313 e. The lowest BCUT2D eigenvalue weighted by Crippen LogP contribution is -2.45. The molecule has 7 heteroatoms. The molecular formula is C18H15BrClNO4. The second-order valence-electron chi connectivity index (χ2n) is 5.52. The molecule has 1 aliphatic heterocycles. The minimum absolute atomic E-state index is 0.0574. The summed E-state index contributed by atoms with van der Waals surface area (Å²) >= 11 is 9.17. The van der Waals surface area contributed by atoms with Crippen LogP contribution in [0.2, 0.25) is 5.02 Å². The zero-order chi connectivity index (χ0) is 18.0. The largest absolute Gasteiger partial charge is 0.479 e. The molecule has 0 saturated heterocycles. The van der Waals surface area contributed by atoms with Crippen molar-refractivity contribution in [1.29, 1.82) is 0 Å². The Morgan fingerprint density at radius 2 is 2.08 bits per heavy atom. The predicted molar refractivity (Wildman–Crippen MR) is 98.3 cm³/mol. The lowest BCUT2D eigenvalue weighted by molar-refractivity contribution is -0.134. The van der Waals surface area contributed by atoms with Gasteiger partial charge in [0, 0.05) is 11.6 Å². The summed E-state index contributed by atoms with van der Waals surface area (Å²) in [6, 6.07) is 12.1. The molecule has 0 fully saturated rings. The van der Waals surface area contributed by atoms with E-state index in [4.69, 9.17) is 21.1 Å². The fourth-order valence-corrected chi connectivity index (χ4v) is 3.29. The Kier molecular flexibility index (Phi) is 5.30. The second-order valence-corrected chi connectivity index (χ2v) is 6.81. The van der Waals surface area contributed by atoms with Crippen LogP contribution in [-0.2, 0) is 9.59 Å². The van der Waals surface area contributed by atoms with Crippen LogP contribution in [0, 0.1) is 0 Å². The summed E-state index contributed by atoms with van der Waals surface area (Å²) in [5.74, 6) is 0.395. The van der Waals surface area contributed by atoms with Crippen molar-refractivity contribution < 1.29 is 19.1 Å². The molecule has 0 aromatic heterocycles. The van der Waals surface area contributed by atoms with E-state index in [-0.39, 0.29) is 18.9 Å². The average Bonchev–Trinajstić information content (AvgIpc) is 2.58. The number of fused-ring (bicyclic) bond motifs is 1. The number of benzene rings is 2. The van der Waals surface area contributed by atoms with E-state index in [0.29, 0.717) is 26.7 Å². The molecule has 2 aromatic rings. The number of rotatable bonds is 4. The van der Waals surface area contributed by atoms with Gasteiger partial charge >= 0.3 is 5.97 Å². The van der Waals surface area contributed by atoms with E-state index in [2.05, 4.69) is 15.9 Å². The molecule has 0 aliphatic carbocycles. The predicted octanol–water partition coefficient (Wildman–Crippen LogP) is 4.21. The van der Waals surface area contributed by atoms with Gasteiger partial charge in [0.2, 0.25) is 0 Å². The number of hydrogen-bond acceptors (Lipinski definition) is 4. The van der Waals surface area contributed by atoms with Crippen LogP contribution in [0.15, 0.2) is 46.9 Å². The Balaban J connectivity index is 1.68. The van der Waals surface area contributed by atoms with E-state index >= 15 is 0 Å². The van der Waals surface area contributed by atoms with Crippen LogP contribution >= 0.6 is 27.5 Å². The minimum atomic E-state index is -0.587. The standard InChI is InChI=1S/C18H15BrClNO4/c1-11-18(23)21(14-4-2-3-5-16(14)24-11)9-8-17(22)25-15-7-6-12(20)10-13(15)19/h2-7,10-11H,8-9H2,1H3. The van der Waals surface area contributed by atoms with Gasteiger partial charge in [-0.1, -0.05) is 23.7 Å². The third kappa shape index (κ3) is 3.96. The van der Waals surface area contributed by atoms with Gasteiger partial charge in [0.05, 0.1) is 16.6 Å². The first-order chi connectivity index (χ1) is 12.0. The van der Waals surface area contributed by atoms with Crippen LogP contribution in [0.5, 0.6) is 11.5 Å². The van der Waals surface area contributed by atoms with Crippen molar-refractivity contribution in [1.82, 2.24) is 0 Å². The summed E-state index contributed by atoms with van der Waals surface area (Å²) < 4.78 is 11.5. The zero-order valence-corrected chi connectivity index (χ0v) is 15.7. The average molecular weight is 425 g/mol. The van der Waals surface area contributed by atoms with Gasteiger partial charge in [0.25, 0.3) is 5.91 Å². The molecule has 1 heterocycles. The van der Waals surface area contributed by atoms with Gasteiger partial charge in [-0.2, -0.15) is 0 Å². The molecule has 5 nitrogen and oxygen atoms in total. The molecule has 1 unspecified atom stereocenters. The number of hydrogen-bond donors (Lipinski definition) is 0. The summed E-state index contributed by atoms with van der Waals surface area (Å²) in [6.07, 6.45) is -0.529. The molecule has 0 spiro atoms. The topological polar surface area (TPSA) is 55.8 Å². The maximum Gasteiger partial charge on any atom is 0.313 e. The van der Waals surface area contributed by atoms with Gasteiger partial charge in [-0.15, -0.1) is 0 Å². The number of halogens is 2. The monoisotopic (exact) mass is 423 g/mol. The Morgan fingerprint density at radius 1 is 1.32 bits per heavy atom. The van der Waals surface area contributed by atoms with Gasteiger partial charge in [0.1, 0.15) is 11.5 Å². The molecule has 1 aliphatic rings. The maximum absolute atomic E-state index is 12.4. The number of nitrogens with zero attached hydrogens (tertiary/aromatic N) is 1. The van der Waals surface area contributed by atoms with E-state index in [0.717, 1.165) is 0 Å². The van der Waals surface area contributed by atoms with Crippen LogP contribution < -0.4 is 14.4 Å². The van der Waals surface area contributed by atoms with E-state index in [9.17, 15) is 9.59 Å². The van der Waals surface area contributed by atoms with Gasteiger partial charge in [-0.25, -0.2) is 0 Å². The van der Waals surface area contributed by atoms with Crippen molar-refractivity contribution in [3.8, 4) is 11.5 Å². The number of amides is 1. The molecule has 0 N–H and O–H groups in total. The van der Waals surface area contributed by atoms with Crippen molar-refractivity contribution in [2.45, 2.75) is 19.4 Å². The third-order valence-electron chi connectivity index (χ3n) is 3.73. The quantitative estimate of drug-likeness (QED) is 0.545. The van der Waals surface area contributed by atoms with Crippen LogP contribution in [0.25, 0.3) is 0 Å². The highest BCUT2D eigenvalue weighted by Gasteiger charge is 2.31. The lowest BCUT2D eigenvalue weighted by Gasteiger charge is -2.32. The first-order valence-corrected chi connectivity index (χ1v) is 8.85. The van der Waals surface area contributed by atoms with Crippen LogP contribution in [0.1, 0.15) is 13.3 Å². The van der Waals surface area contributed by atoms with E-state index in [1.54, 1.807) is 42.2 Å². The van der Waals surface area contributed by atoms with E-state index < -0.39 is 12.1 Å². The number of carbonyl (C=O) groups excluding carboxylic acids is 2. The number of ether oxygens (including phenoxy) is 2. The Bertz CT molecular complexity index is 826. The normalized spacial score (nSPS) is 16.2. The number of esters is 1. The maximum atomic E-state index is 12.4. The highest BCUT2D eigenvalue weighted by molar-refractivity contribution is 9.10. The van der Waals surface area contributed by atoms with Gasteiger partial charge in [-0.05, 0) is 53.2 Å². The molecule has 1 amide bonds. The second kappa shape index (κ2) is 7.45. The third-order valence-corrected chi connectivity index (χ3v) is 4.59. The highest BCUT2D eigenvalue weighted by Crippen LogP contribution is 2.34. The van der Waals surface area contributed by atoms with Gasteiger partial charge in [-0.3, -0.25) is 9.59 Å². The fourth-order valence-electron chi connectivity index (χ4n) is 2.52. The van der Waals surface area contributed by atoms with Crippen LogP contribution in [-0.4, -0.2) is 24.5 Å². The highest BCUT2D eigenvalue weighted by atomic mass is 79.9. The summed E-state index contributed by atoms with van der Waals surface area (Å²) in [4.78, 5) is 26.1. The molecule has 130 valence electrons. The molecular weight excluding hydrogens is 410 g/mol. The molecule has 25 heavy (non-hydrogen) atoms. The number of anilines is 1. The SMILES string of the molecule is CC1Oc2ccccc2N(CCC(=O)Oc2ccc(Cl)cc2Br)C1=O. The first kappa shape index (κ1) is 17.8. The Labute approximate surface area is 158 Å². The number of carbonyl (C=O) groups is 2. The van der Waals surface area contributed by atoms with Crippen molar-refractivity contribution in [2.75, 3.05) is 11.4 Å². The minimum Gasteiger partial charge on any atom is -0.479 e. The zero-order valence-electron chi connectivity index (χ0n) is 13.4. The molecule has 1 atom stereocenters.